The number of fused-ring (bicyclic) bond motifs is 1. The van der Waals surface area contributed by atoms with Crippen LogP contribution in [0.1, 0.15) is 25.3 Å². The second kappa shape index (κ2) is 5.31. The SMILES string of the molecule is CCCC1(CN(C)C)Cc2cc(S(N)(=O)=O)sc2S1(=O)=O. The molecule has 1 aliphatic heterocycles. The Morgan fingerprint density at radius 2 is 2.05 bits per heavy atom. The first-order chi connectivity index (χ1) is 9.53. The molecule has 21 heavy (non-hydrogen) atoms. The number of nitrogens with zero attached hydrogens (tertiary/aromatic N) is 1. The van der Waals surface area contributed by atoms with E-state index >= 15 is 0 Å². The van der Waals surface area contributed by atoms with Gasteiger partial charge in [-0.05, 0) is 38.6 Å². The molecule has 2 rings (SSSR count). The molecule has 9 heteroatoms. The van der Waals surface area contributed by atoms with E-state index in [1.54, 1.807) is 0 Å². The summed E-state index contributed by atoms with van der Waals surface area (Å²) >= 11 is 0.772. The first-order valence-corrected chi connectivity index (χ1v) is 10.4. The van der Waals surface area contributed by atoms with Crippen molar-refractivity contribution < 1.29 is 16.8 Å². The molecule has 2 N–H and O–H groups in total. The predicted octanol–water partition coefficient (Wildman–Crippen LogP) is 0.826. The molecule has 0 bridgehead atoms. The van der Waals surface area contributed by atoms with E-state index in [9.17, 15) is 16.8 Å². The predicted molar refractivity (Wildman–Crippen MR) is 82.8 cm³/mol. The molecule has 0 radical (unpaired) electrons. The van der Waals surface area contributed by atoms with Crippen molar-refractivity contribution >= 4 is 31.2 Å². The number of sulfonamides is 1. The number of nitrogens with two attached hydrogens (primary N) is 1. The maximum Gasteiger partial charge on any atom is 0.247 e. The van der Waals surface area contributed by atoms with Gasteiger partial charge >= 0.3 is 0 Å². The minimum Gasteiger partial charge on any atom is -0.308 e. The van der Waals surface area contributed by atoms with Crippen LogP contribution in [-0.2, 0) is 26.3 Å². The molecule has 0 saturated heterocycles. The number of thiophene rings is 1. The highest BCUT2D eigenvalue weighted by Crippen LogP contribution is 2.47. The summed E-state index contributed by atoms with van der Waals surface area (Å²) in [7, 11) is -3.72. The molecule has 1 aromatic heterocycles. The van der Waals surface area contributed by atoms with Crippen molar-refractivity contribution in [2.24, 2.45) is 5.14 Å². The largest absolute Gasteiger partial charge is 0.308 e. The second-order valence-electron chi connectivity index (χ2n) is 5.77. The Morgan fingerprint density at radius 1 is 1.43 bits per heavy atom. The van der Waals surface area contributed by atoms with Gasteiger partial charge in [0.25, 0.3) is 0 Å². The summed E-state index contributed by atoms with van der Waals surface area (Å²) in [5.74, 6) is 0. The monoisotopic (exact) mass is 352 g/mol. The van der Waals surface area contributed by atoms with Crippen molar-refractivity contribution in [3.05, 3.63) is 11.6 Å². The average Bonchev–Trinajstić information content (AvgIpc) is 2.78. The van der Waals surface area contributed by atoms with Gasteiger partial charge in [0.05, 0.1) is 4.75 Å². The van der Waals surface area contributed by atoms with Crippen molar-refractivity contribution in [2.45, 2.75) is 39.4 Å². The van der Waals surface area contributed by atoms with Gasteiger partial charge in [-0.3, -0.25) is 0 Å². The third-order valence-corrected chi connectivity index (χ3v) is 9.33. The summed E-state index contributed by atoms with van der Waals surface area (Å²) in [6, 6.07) is 1.42. The van der Waals surface area contributed by atoms with Crippen molar-refractivity contribution in [1.82, 2.24) is 4.90 Å². The average molecular weight is 353 g/mol. The molecule has 6 nitrogen and oxygen atoms in total. The maximum atomic E-state index is 12.9. The number of rotatable bonds is 5. The molecule has 0 amide bonds. The van der Waals surface area contributed by atoms with E-state index in [0.717, 1.165) is 17.8 Å². The Balaban J connectivity index is 2.55. The molecule has 0 spiro atoms. The van der Waals surface area contributed by atoms with Gasteiger partial charge in [0, 0.05) is 6.54 Å². The Morgan fingerprint density at radius 3 is 2.48 bits per heavy atom. The first kappa shape index (κ1) is 16.9. The summed E-state index contributed by atoms with van der Waals surface area (Å²) < 4.78 is 47.9. The van der Waals surface area contributed by atoms with Gasteiger partial charge in [-0.25, -0.2) is 22.0 Å². The minimum absolute atomic E-state index is 0.0778. The zero-order valence-electron chi connectivity index (χ0n) is 12.3. The lowest BCUT2D eigenvalue weighted by Crippen LogP contribution is -2.45. The van der Waals surface area contributed by atoms with Crippen LogP contribution in [0.25, 0.3) is 0 Å². The van der Waals surface area contributed by atoms with Crippen molar-refractivity contribution in [2.75, 3.05) is 20.6 Å². The molecule has 1 atom stereocenters. The topological polar surface area (TPSA) is 97.5 Å². The van der Waals surface area contributed by atoms with Gasteiger partial charge in [0.1, 0.15) is 8.42 Å². The van der Waals surface area contributed by atoms with Gasteiger partial charge < -0.3 is 4.90 Å². The number of sulfone groups is 1. The molecule has 1 aliphatic rings. The Kier molecular flexibility index (Phi) is 4.27. The summed E-state index contributed by atoms with van der Waals surface area (Å²) in [6.07, 6.45) is 1.66. The molecule has 1 aromatic rings. The van der Waals surface area contributed by atoms with Crippen molar-refractivity contribution in [3.8, 4) is 0 Å². The quantitative estimate of drug-likeness (QED) is 0.846. The normalized spacial score (nSPS) is 24.4. The van der Waals surface area contributed by atoms with Crippen molar-refractivity contribution in [3.63, 3.8) is 0 Å². The van der Waals surface area contributed by atoms with E-state index in [2.05, 4.69) is 0 Å². The third kappa shape index (κ3) is 2.77. The molecule has 120 valence electrons. The summed E-state index contributed by atoms with van der Waals surface area (Å²) in [5.41, 5.74) is 0.583. The molecule has 0 fully saturated rings. The van der Waals surface area contributed by atoms with Crippen LogP contribution in [0.4, 0.5) is 0 Å². The standard InChI is InChI=1S/C12H20N2O4S3/c1-4-5-12(8-14(2)3)7-9-6-10(21(13,17)18)19-11(9)20(12,15)16/h6H,4-5,7-8H2,1-3H3,(H2,13,17,18). The van der Waals surface area contributed by atoms with Gasteiger partial charge in [0.15, 0.2) is 9.84 Å². The highest BCUT2D eigenvalue weighted by Gasteiger charge is 2.52. The van der Waals surface area contributed by atoms with E-state index in [0.29, 0.717) is 24.9 Å². The smallest absolute Gasteiger partial charge is 0.247 e. The molecule has 0 aromatic carbocycles. The molecule has 0 saturated carbocycles. The second-order valence-corrected chi connectivity index (χ2v) is 11.2. The lowest BCUT2D eigenvalue weighted by atomic mass is 9.95. The van der Waals surface area contributed by atoms with E-state index < -0.39 is 24.6 Å². The van der Waals surface area contributed by atoms with E-state index in [-0.39, 0.29) is 8.42 Å². The lowest BCUT2D eigenvalue weighted by molar-refractivity contribution is 0.326. The van der Waals surface area contributed by atoms with Crippen molar-refractivity contribution in [1.29, 1.82) is 0 Å². The van der Waals surface area contributed by atoms with Gasteiger partial charge in [-0.15, -0.1) is 11.3 Å². The highest BCUT2D eigenvalue weighted by molar-refractivity contribution is 7.96. The van der Waals surface area contributed by atoms with Gasteiger partial charge in [-0.2, -0.15) is 0 Å². The molecule has 0 aliphatic carbocycles. The number of primary sulfonamides is 1. The maximum absolute atomic E-state index is 12.9. The Labute approximate surface area is 129 Å². The van der Waals surface area contributed by atoms with E-state index in [1.165, 1.54) is 6.07 Å². The van der Waals surface area contributed by atoms with Crippen LogP contribution >= 0.6 is 11.3 Å². The fourth-order valence-electron chi connectivity index (χ4n) is 2.99. The number of hydrogen-bond donors (Lipinski definition) is 1. The zero-order chi connectivity index (χ0) is 16.1. The van der Waals surface area contributed by atoms with Crippen LogP contribution in [0, 0.1) is 0 Å². The Bertz CT molecular complexity index is 749. The first-order valence-electron chi connectivity index (χ1n) is 6.58. The highest BCUT2D eigenvalue weighted by atomic mass is 32.3. The molecule has 1 unspecified atom stereocenters. The summed E-state index contributed by atoms with van der Waals surface area (Å²) in [5, 5.41) is 5.09. The molecular weight excluding hydrogens is 332 g/mol. The lowest BCUT2D eigenvalue weighted by Gasteiger charge is -2.30. The zero-order valence-corrected chi connectivity index (χ0v) is 14.7. The molecular formula is C12H20N2O4S3. The van der Waals surface area contributed by atoms with Gasteiger partial charge in [0.2, 0.25) is 10.0 Å². The van der Waals surface area contributed by atoms with E-state index in [1.807, 2.05) is 25.9 Å². The Hall–Kier alpha value is -0.480. The number of hydrogen-bond acceptors (Lipinski definition) is 6. The van der Waals surface area contributed by atoms with E-state index in [4.69, 9.17) is 5.14 Å². The van der Waals surface area contributed by atoms with Gasteiger partial charge in [-0.1, -0.05) is 13.3 Å². The van der Waals surface area contributed by atoms with Crippen LogP contribution in [0.2, 0.25) is 0 Å². The van der Waals surface area contributed by atoms with Crippen LogP contribution in [0.5, 0.6) is 0 Å². The van der Waals surface area contributed by atoms with Crippen LogP contribution in [0.15, 0.2) is 14.5 Å². The molecule has 2 heterocycles. The van der Waals surface area contributed by atoms with Crippen LogP contribution < -0.4 is 5.14 Å². The fourth-order valence-corrected chi connectivity index (χ4v) is 8.17. The van der Waals surface area contributed by atoms with Crippen LogP contribution in [-0.4, -0.2) is 47.1 Å². The summed E-state index contributed by atoms with van der Waals surface area (Å²) in [4.78, 5) is 1.87. The fraction of sp³-hybridized carbons (Fsp3) is 0.667. The minimum atomic E-state index is -3.86. The van der Waals surface area contributed by atoms with Crippen LogP contribution in [0.3, 0.4) is 0 Å². The summed E-state index contributed by atoms with van der Waals surface area (Å²) in [6.45, 7) is 2.38. The third-order valence-electron chi connectivity index (χ3n) is 3.66.